The third-order valence-corrected chi connectivity index (χ3v) is 3.84. The highest BCUT2D eigenvalue weighted by atomic mass is 16.5. The Labute approximate surface area is 120 Å². The summed E-state index contributed by atoms with van der Waals surface area (Å²) in [4.78, 5) is 13.4. The van der Waals surface area contributed by atoms with Gasteiger partial charge < -0.3 is 9.84 Å². The topological polar surface area (TPSA) is 49.8 Å². The van der Waals surface area contributed by atoms with E-state index in [1.54, 1.807) is 0 Å². The van der Waals surface area contributed by atoms with Crippen molar-refractivity contribution in [2.45, 2.75) is 45.3 Å². The number of nitrogens with zero attached hydrogens (tertiary/aromatic N) is 1. The quantitative estimate of drug-likeness (QED) is 0.868. The van der Waals surface area contributed by atoms with Crippen LogP contribution in [0.25, 0.3) is 0 Å². The summed E-state index contributed by atoms with van der Waals surface area (Å²) < 4.78 is 5.99. The fraction of sp³-hybridized carbons (Fsp3) is 0.562. The van der Waals surface area contributed by atoms with Crippen molar-refractivity contribution in [1.82, 2.24) is 4.90 Å². The minimum Gasteiger partial charge on any atom is -0.489 e. The van der Waals surface area contributed by atoms with E-state index in [2.05, 4.69) is 6.92 Å². The number of para-hydroxylation sites is 1. The molecule has 1 aliphatic heterocycles. The first-order valence-electron chi connectivity index (χ1n) is 7.31. The number of aliphatic carboxylic acids is 1. The molecule has 110 valence electrons. The second kappa shape index (κ2) is 6.75. The molecule has 1 fully saturated rings. The highest BCUT2D eigenvalue weighted by molar-refractivity contribution is 5.74. The maximum absolute atomic E-state index is 11.3. The third kappa shape index (κ3) is 3.51. The Hall–Kier alpha value is -1.55. The summed E-state index contributed by atoms with van der Waals surface area (Å²) in [6.45, 7) is 5.66. The molecule has 0 bridgehead atoms. The van der Waals surface area contributed by atoms with Crippen LogP contribution in [0.2, 0.25) is 0 Å². The number of hydrogen-bond acceptors (Lipinski definition) is 3. The molecule has 2 rings (SSSR count). The maximum atomic E-state index is 11.3. The van der Waals surface area contributed by atoms with Crippen molar-refractivity contribution in [3.05, 3.63) is 29.8 Å². The number of likely N-dealkylation sites (tertiary alicyclic amines) is 1. The molecule has 1 saturated heterocycles. The molecule has 0 saturated carbocycles. The van der Waals surface area contributed by atoms with E-state index in [1.807, 2.05) is 36.1 Å². The number of benzene rings is 1. The molecule has 20 heavy (non-hydrogen) atoms. The van der Waals surface area contributed by atoms with Gasteiger partial charge in [-0.25, -0.2) is 0 Å². The molecule has 2 unspecified atom stereocenters. The fourth-order valence-corrected chi connectivity index (χ4v) is 2.68. The van der Waals surface area contributed by atoms with Crippen LogP contribution in [0.1, 0.15) is 31.7 Å². The first kappa shape index (κ1) is 14.9. The van der Waals surface area contributed by atoms with Crippen molar-refractivity contribution in [3.8, 4) is 5.75 Å². The fourth-order valence-electron chi connectivity index (χ4n) is 2.68. The molecule has 2 atom stereocenters. The van der Waals surface area contributed by atoms with Crippen molar-refractivity contribution in [2.75, 3.05) is 13.1 Å². The summed E-state index contributed by atoms with van der Waals surface area (Å²) in [5.41, 5.74) is 1.09. The van der Waals surface area contributed by atoms with Gasteiger partial charge in [0, 0.05) is 13.0 Å². The highest BCUT2D eigenvalue weighted by Gasteiger charge is 2.37. The Morgan fingerprint density at radius 1 is 1.45 bits per heavy atom. The number of carboxylic acids is 1. The number of aryl methyl sites for hydroxylation is 1. The van der Waals surface area contributed by atoms with Crippen LogP contribution in [0, 0.1) is 6.92 Å². The van der Waals surface area contributed by atoms with E-state index in [0.29, 0.717) is 13.0 Å². The van der Waals surface area contributed by atoms with Gasteiger partial charge >= 0.3 is 5.97 Å². The molecule has 1 heterocycles. The van der Waals surface area contributed by atoms with E-state index >= 15 is 0 Å². The van der Waals surface area contributed by atoms with Gasteiger partial charge in [0.05, 0.1) is 0 Å². The molecule has 0 spiro atoms. The molecule has 0 radical (unpaired) electrons. The summed E-state index contributed by atoms with van der Waals surface area (Å²) in [6.07, 6.45) is 2.63. The summed E-state index contributed by atoms with van der Waals surface area (Å²) in [5, 5.41) is 9.32. The van der Waals surface area contributed by atoms with Gasteiger partial charge in [-0.3, -0.25) is 9.69 Å². The SMILES string of the molecule is CCCCN1CC(Oc2ccccc2C)CC1C(=O)O. The van der Waals surface area contributed by atoms with Gasteiger partial charge in [0.1, 0.15) is 17.9 Å². The molecule has 1 aromatic rings. The molecule has 4 heteroatoms. The van der Waals surface area contributed by atoms with Crippen LogP contribution >= 0.6 is 0 Å². The minimum absolute atomic E-state index is 0.0333. The second-order valence-electron chi connectivity index (χ2n) is 5.44. The monoisotopic (exact) mass is 277 g/mol. The standard InChI is InChI=1S/C16H23NO3/c1-3-4-9-17-11-13(10-14(17)16(18)19)20-15-8-6-5-7-12(15)2/h5-8,13-14H,3-4,9-11H2,1-2H3,(H,18,19). The lowest BCUT2D eigenvalue weighted by Crippen LogP contribution is -2.36. The van der Waals surface area contributed by atoms with E-state index in [4.69, 9.17) is 4.74 Å². The molecule has 1 N–H and O–H groups in total. The number of carboxylic acid groups (broad SMARTS) is 1. The summed E-state index contributed by atoms with van der Waals surface area (Å²) in [5.74, 6) is 0.121. The van der Waals surface area contributed by atoms with Gasteiger partial charge in [-0.2, -0.15) is 0 Å². The van der Waals surface area contributed by atoms with Crippen LogP contribution in [-0.2, 0) is 4.79 Å². The number of unbranched alkanes of at least 4 members (excludes halogenated alkanes) is 1. The molecule has 0 amide bonds. The third-order valence-electron chi connectivity index (χ3n) is 3.84. The Bertz CT molecular complexity index is 461. The van der Waals surface area contributed by atoms with Crippen LogP contribution in [0.15, 0.2) is 24.3 Å². The van der Waals surface area contributed by atoms with Crippen LogP contribution in [-0.4, -0.2) is 41.2 Å². The molecule has 1 aromatic carbocycles. The Kier molecular flexibility index (Phi) is 5.01. The molecular weight excluding hydrogens is 254 g/mol. The zero-order chi connectivity index (χ0) is 14.5. The molecule has 0 aromatic heterocycles. The van der Waals surface area contributed by atoms with E-state index in [9.17, 15) is 9.90 Å². The lowest BCUT2D eigenvalue weighted by atomic mass is 10.2. The zero-order valence-corrected chi connectivity index (χ0v) is 12.2. The first-order chi connectivity index (χ1) is 9.61. The average Bonchev–Trinajstić information content (AvgIpc) is 2.82. The van der Waals surface area contributed by atoms with Crippen LogP contribution in [0.5, 0.6) is 5.75 Å². The molecule has 1 aliphatic rings. The Morgan fingerprint density at radius 2 is 2.20 bits per heavy atom. The minimum atomic E-state index is -0.739. The number of hydrogen-bond donors (Lipinski definition) is 1. The van der Waals surface area contributed by atoms with Gasteiger partial charge in [-0.15, -0.1) is 0 Å². The molecular formula is C16H23NO3. The summed E-state index contributed by atoms with van der Waals surface area (Å²) >= 11 is 0. The predicted octanol–water partition coefficient (Wildman–Crippen LogP) is 2.70. The van der Waals surface area contributed by atoms with Crippen molar-refractivity contribution in [1.29, 1.82) is 0 Å². The van der Waals surface area contributed by atoms with Crippen molar-refractivity contribution >= 4 is 5.97 Å². The molecule has 4 nitrogen and oxygen atoms in total. The van der Waals surface area contributed by atoms with E-state index in [1.165, 1.54) is 0 Å². The number of ether oxygens (including phenoxy) is 1. The summed E-state index contributed by atoms with van der Waals surface area (Å²) in [7, 11) is 0. The maximum Gasteiger partial charge on any atom is 0.321 e. The zero-order valence-electron chi connectivity index (χ0n) is 12.2. The molecule has 0 aliphatic carbocycles. The first-order valence-corrected chi connectivity index (χ1v) is 7.31. The number of rotatable bonds is 6. The van der Waals surface area contributed by atoms with Crippen molar-refractivity contribution in [2.24, 2.45) is 0 Å². The predicted molar refractivity (Wildman–Crippen MR) is 78.1 cm³/mol. The van der Waals surface area contributed by atoms with Gasteiger partial charge in [-0.1, -0.05) is 31.5 Å². The van der Waals surface area contributed by atoms with Gasteiger partial charge in [-0.05, 0) is 31.5 Å². The highest BCUT2D eigenvalue weighted by Crippen LogP contribution is 2.25. The van der Waals surface area contributed by atoms with Gasteiger partial charge in [0.2, 0.25) is 0 Å². The Balaban J connectivity index is 2.00. The van der Waals surface area contributed by atoms with Crippen LogP contribution in [0.4, 0.5) is 0 Å². The smallest absolute Gasteiger partial charge is 0.321 e. The van der Waals surface area contributed by atoms with E-state index < -0.39 is 12.0 Å². The lowest BCUT2D eigenvalue weighted by Gasteiger charge is -2.20. The normalized spacial score (nSPS) is 22.9. The van der Waals surface area contributed by atoms with E-state index in [0.717, 1.165) is 30.7 Å². The van der Waals surface area contributed by atoms with Crippen molar-refractivity contribution in [3.63, 3.8) is 0 Å². The lowest BCUT2D eigenvalue weighted by molar-refractivity contribution is -0.142. The summed E-state index contributed by atoms with van der Waals surface area (Å²) in [6, 6.07) is 7.47. The number of carbonyl (C=O) groups is 1. The average molecular weight is 277 g/mol. The van der Waals surface area contributed by atoms with Gasteiger partial charge in [0.15, 0.2) is 0 Å². The Morgan fingerprint density at radius 3 is 2.85 bits per heavy atom. The van der Waals surface area contributed by atoms with Crippen molar-refractivity contribution < 1.29 is 14.6 Å². The van der Waals surface area contributed by atoms with Crippen LogP contribution in [0.3, 0.4) is 0 Å². The van der Waals surface area contributed by atoms with Gasteiger partial charge in [0.25, 0.3) is 0 Å². The van der Waals surface area contributed by atoms with Crippen LogP contribution < -0.4 is 4.74 Å². The van der Waals surface area contributed by atoms with E-state index in [-0.39, 0.29) is 6.10 Å². The largest absolute Gasteiger partial charge is 0.489 e. The second-order valence-corrected chi connectivity index (χ2v) is 5.44.